The van der Waals surface area contributed by atoms with Crippen molar-refractivity contribution in [3.05, 3.63) is 22.3 Å². The second-order valence-corrected chi connectivity index (χ2v) is 12.1. The molecule has 1 heterocycles. The Balaban J connectivity index is 1.72. The summed E-state index contributed by atoms with van der Waals surface area (Å²) in [6.07, 6.45) is 19.0. The zero-order valence-electron chi connectivity index (χ0n) is 26.4. The van der Waals surface area contributed by atoms with Gasteiger partial charge in [-0.2, -0.15) is 0 Å². The van der Waals surface area contributed by atoms with E-state index in [0.717, 1.165) is 35.1 Å². The van der Waals surface area contributed by atoms with E-state index in [-0.39, 0.29) is 18.7 Å². The van der Waals surface area contributed by atoms with E-state index in [4.69, 9.17) is 14.6 Å². The summed E-state index contributed by atoms with van der Waals surface area (Å²) >= 11 is 0. The molecular weight excluding hydrogens is 518 g/mol. The number of esters is 1. The molecule has 0 fully saturated rings. The van der Waals surface area contributed by atoms with Crippen molar-refractivity contribution < 1.29 is 29.0 Å². The number of aliphatic carboxylic acids is 1. The average Bonchev–Trinajstić information content (AvgIpc) is 2.94. The molecule has 232 valence electrons. The van der Waals surface area contributed by atoms with Crippen LogP contribution in [0.4, 0.5) is 0 Å². The number of carbonyl (C=O) groups excluding carboxylic acids is 2. The number of carboxylic acids is 1. The Morgan fingerprint density at radius 3 is 1.88 bits per heavy atom. The molecule has 1 aromatic carbocycles. The number of unbranched alkanes of at least 4 members (excludes halogenated alkanes) is 13. The molecule has 0 radical (unpaired) electrons. The van der Waals surface area contributed by atoms with Gasteiger partial charge in [-0.1, -0.05) is 90.4 Å². The van der Waals surface area contributed by atoms with Crippen LogP contribution in [0.1, 0.15) is 145 Å². The van der Waals surface area contributed by atoms with E-state index < -0.39 is 17.5 Å². The molecule has 7 heteroatoms. The Bertz CT molecular complexity index is 1000. The molecule has 7 nitrogen and oxygen atoms in total. The first-order chi connectivity index (χ1) is 19.6. The highest BCUT2D eigenvalue weighted by molar-refractivity contribution is 5.86. The zero-order valence-corrected chi connectivity index (χ0v) is 26.4. The molecule has 1 aliphatic rings. The van der Waals surface area contributed by atoms with Crippen molar-refractivity contribution in [3.63, 3.8) is 0 Å². The summed E-state index contributed by atoms with van der Waals surface area (Å²) in [6.45, 7) is 10.4. The molecule has 0 aliphatic carbocycles. The van der Waals surface area contributed by atoms with Crippen molar-refractivity contribution in [1.82, 2.24) is 5.32 Å². The normalized spacial score (nSPS) is 16.1. The van der Waals surface area contributed by atoms with Gasteiger partial charge in [0, 0.05) is 18.5 Å². The first-order valence-corrected chi connectivity index (χ1v) is 16.1. The fourth-order valence-electron chi connectivity index (χ4n) is 5.63. The van der Waals surface area contributed by atoms with Crippen LogP contribution in [0.5, 0.6) is 11.5 Å². The van der Waals surface area contributed by atoms with Crippen molar-refractivity contribution in [3.8, 4) is 11.5 Å². The fraction of sp³-hybridized carbons (Fsp3) is 0.735. The van der Waals surface area contributed by atoms with Crippen molar-refractivity contribution in [2.45, 2.75) is 156 Å². The van der Waals surface area contributed by atoms with Crippen molar-refractivity contribution in [2.24, 2.45) is 0 Å². The van der Waals surface area contributed by atoms with Gasteiger partial charge in [-0.25, -0.2) is 0 Å². The Hall–Kier alpha value is -2.57. The highest BCUT2D eigenvalue weighted by Crippen LogP contribution is 2.44. The third-order valence-electron chi connectivity index (χ3n) is 8.55. The summed E-state index contributed by atoms with van der Waals surface area (Å²) in [4.78, 5) is 36.1. The van der Waals surface area contributed by atoms with Gasteiger partial charge in [0.2, 0.25) is 0 Å². The second-order valence-electron chi connectivity index (χ2n) is 12.1. The first-order valence-electron chi connectivity index (χ1n) is 16.1. The topological polar surface area (TPSA) is 102 Å². The fourth-order valence-corrected chi connectivity index (χ4v) is 5.63. The number of carbonyl (C=O) groups is 3. The molecule has 2 rings (SSSR count). The van der Waals surface area contributed by atoms with Gasteiger partial charge in [-0.15, -0.1) is 0 Å². The Labute approximate surface area is 248 Å². The first kappa shape index (κ1) is 34.6. The summed E-state index contributed by atoms with van der Waals surface area (Å²) in [5, 5.41) is 11.9. The van der Waals surface area contributed by atoms with Gasteiger partial charge in [-0.05, 0) is 57.2 Å². The van der Waals surface area contributed by atoms with Crippen LogP contribution in [0.3, 0.4) is 0 Å². The van der Waals surface area contributed by atoms with Crippen molar-refractivity contribution >= 4 is 17.8 Å². The van der Waals surface area contributed by atoms with E-state index in [9.17, 15) is 14.4 Å². The van der Waals surface area contributed by atoms with Gasteiger partial charge in [0.15, 0.2) is 5.60 Å². The number of fused-ring (bicyclic) bond motifs is 1. The van der Waals surface area contributed by atoms with Crippen molar-refractivity contribution in [2.75, 3.05) is 6.54 Å². The number of benzene rings is 1. The van der Waals surface area contributed by atoms with E-state index in [1.54, 1.807) is 0 Å². The maximum Gasteiger partial charge on any atom is 0.311 e. The molecule has 0 saturated heterocycles. The highest BCUT2D eigenvalue weighted by atomic mass is 16.5. The molecule has 41 heavy (non-hydrogen) atoms. The van der Waals surface area contributed by atoms with Crippen LogP contribution in [0.15, 0.2) is 0 Å². The lowest BCUT2D eigenvalue weighted by atomic mass is 9.86. The number of nitrogens with one attached hydrogen (secondary N) is 1. The number of hydrogen-bond acceptors (Lipinski definition) is 5. The summed E-state index contributed by atoms with van der Waals surface area (Å²) in [5.74, 6) is -0.539. The number of rotatable bonds is 20. The van der Waals surface area contributed by atoms with E-state index in [2.05, 4.69) is 12.2 Å². The average molecular weight is 574 g/mol. The van der Waals surface area contributed by atoms with Gasteiger partial charge < -0.3 is 19.9 Å². The minimum Gasteiger partial charge on any atom is -0.481 e. The van der Waals surface area contributed by atoms with E-state index in [0.29, 0.717) is 30.9 Å². The summed E-state index contributed by atoms with van der Waals surface area (Å²) < 4.78 is 11.9. The highest BCUT2D eigenvalue weighted by Gasteiger charge is 2.40. The minimum absolute atomic E-state index is 0.0864. The smallest absolute Gasteiger partial charge is 0.311 e. The molecule has 1 aromatic rings. The van der Waals surface area contributed by atoms with Crippen LogP contribution in [0.2, 0.25) is 0 Å². The number of amides is 1. The third kappa shape index (κ3) is 11.3. The molecule has 0 spiro atoms. The van der Waals surface area contributed by atoms with Crippen LogP contribution >= 0.6 is 0 Å². The van der Waals surface area contributed by atoms with Crippen LogP contribution < -0.4 is 14.8 Å². The maximum atomic E-state index is 13.1. The lowest BCUT2D eigenvalue weighted by Crippen LogP contribution is -2.51. The molecule has 1 aliphatic heterocycles. The maximum absolute atomic E-state index is 13.1. The third-order valence-corrected chi connectivity index (χ3v) is 8.55. The number of carboxylic acid groups (broad SMARTS) is 1. The molecular formula is C34H55NO6. The largest absolute Gasteiger partial charge is 0.481 e. The summed E-state index contributed by atoms with van der Waals surface area (Å²) in [7, 11) is 0. The van der Waals surface area contributed by atoms with Gasteiger partial charge >= 0.3 is 11.9 Å². The second kappa shape index (κ2) is 18.1. The SMILES string of the molecule is CCCCCCCCCCCCCCCCNC(=O)[C@@]1(C)CCc2c(C)c(OC(=O)CCC(=O)O)c(C)c(C)c2O1. The lowest BCUT2D eigenvalue weighted by Gasteiger charge is -2.37. The molecule has 0 bridgehead atoms. The minimum atomic E-state index is -1.03. The molecule has 0 unspecified atom stereocenters. The predicted octanol–water partition coefficient (Wildman–Crippen LogP) is 8.06. The number of hydrogen-bond donors (Lipinski definition) is 2. The van der Waals surface area contributed by atoms with Crippen LogP contribution in [0, 0.1) is 20.8 Å². The molecule has 0 aromatic heterocycles. The van der Waals surface area contributed by atoms with E-state index in [1.807, 2.05) is 27.7 Å². The summed E-state index contributed by atoms with van der Waals surface area (Å²) in [5.41, 5.74) is 2.38. The number of ether oxygens (including phenoxy) is 2. The van der Waals surface area contributed by atoms with Gasteiger partial charge in [-0.3, -0.25) is 14.4 Å². The van der Waals surface area contributed by atoms with E-state index >= 15 is 0 Å². The monoisotopic (exact) mass is 573 g/mol. The van der Waals surface area contributed by atoms with Crippen LogP contribution in [-0.4, -0.2) is 35.1 Å². The van der Waals surface area contributed by atoms with Gasteiger partial charge in [0.1, 0.15) is 11.5 Å². The van der Waals surface area contributed by atoms with Gasteiger partial charge in [0.25, 0.3) is 5.91 Å². The zero-order chi connectivity index (χ0) is 30.3. The predicted molar refractivity (Wildman–Crippen MR) is 164 cm³/mol. The quantitative estimate of drug-likeness (QED) is 0.0929. The Morgan fingerprint density at radius 2 is 1.34 bits per heavy atom. The molecule has 1 atom stereocenters. The molecule has 2 N–H and O–H groups in total. The van der Waals surface area contributed by atoms with E-state index in [1.165, 1.54) is 77.0 Å². The van der Waals surface area contributed by atoms with Crippen LogP contribution in [0.25, 0.3) is 0 Å². The summed E-state index contributed by atoms with van der Waals surface area (Å²) in [6, 6.07) is 0. The Morgan fingerprint density at radius 1 is 0.805 bits per heavy atom. The molecule has 1 amide bonds. The Kier molecular flexibility index (Phi) is 15.3. The standard InChI is InChI=1S/C34H55NO6/c1-6-7-8-9-10-11-12-13-14-15-16-17-18-19-24-35-33(39)34(5)23-22-28-27(4)31(25(2)26(3)32(28)41-34)40-30(38)21-20-29(36)37/h6-24H2,1-5H3,(H,35,39)(H,36,37)/t34-/m1/s1. The molecule has 0 saturated carbocycles. The van der Waals surface area contributed by atoms with Crippen LogP contribution in [-0.2, 0) is 20.8 Å². The van der Waals surface area contributed by atoms with Gasteiger partial charge in [0.05, 0.1) is 12.8 Å². The lowest BCUT2D eigenvalue weighted by molar-refractivity contribution is -0.142. The van der Waals surface area contributed by atoms with Crippen molar-refractivity contribution in [1.29, 1.82) is 0 Å².